The Kier molecular flexibility index (Phi) is 4.24. The topological polar surface area (TPSA) is 35.5 Å². The number of carbonyl (C=O) groups excluding carboxylic acids is 1. The molecule has 0 spiro atoms. The van der Waals surface area contributed by atoms with Gasteiger partial charge in [0.05, 0.1) is 0 Å². The Balaban J connectivity index is 2.32. The summed E-state index contributed by atoms with van der Waals surface area (Å²) in [6.07, 6.45) is 3.74. The van der Waals surface area contributed by atoms with E-state index in [9.17, 15) is 4.79 Å². The molecule has 3 heteroatoms. The van der Waals surface area contributed by atoms with E-state index in [4.69, 9.17) is 15.9 Å². The molecule has 0 aromatic heterocycles. The number of hydrogen-bond donors (Lipinski definition) is 0. The molecule has 0 heterocycles. The van der Waals surface area contributed by atoms with E-state index in [0.29, 0.717) is 0 Å². The summed E-state index contributed by atoms with van der Waals surface area (Å²) in [7, 11) is 0. The molecular weight excluding hydrogens is 192 g/mol. The average Bonchev–Trinajstić information content (AvgIpc) is 2.27. The molecule has 0 saturated carbocycles. The van der Waals surface area contributed by atoms with Crippen molar-refractivity contribution in [2.75, 3.05) is 0 Å². The summed E-state index contributed by atoms with van der Waals surface area (Å²) in [5, 5.41) is 0. The lowest BCUT2D eigenvalue weighted by atomic mass is 10.2. The minimum absolute atomic E-state index is 0.191. The van der Waals surface area contributed by atoms with Crippen LogP contribution in [0, 0.1) is 12.3 Å². The maximum Gasteiger partial charge on any atom is 0.509 e. The highest BCUT2D eigenvalue weighted by Crippen LogP contribution is 2.02. The van der Waals surface area contributed by atoms with Crippen molar-refractivity contribution < 1.29 is 14.3 Å². The zero-order chi connectivity index (χ0) is 11.1. The predicted molar refractivity (Wildman–Crippen MR) is 56.0 cm³/mol. The van der Waals surface area contributed by atoms with Crippen molar-refractivity contribution in [1.29, 1.82) is 0 Å². The molecule has 0 radical (unpaired) electrons. The normalized spacial score (nSPS) is 11.2. The van der Waals surface area contributed by atoms with Crippen molar-refractivity contribution >= 4 is 6.16 Å². The first-order valence-corrected chi connectivity index (χ1v) is 4.56. The smallest absolute Gasteiger partial charge is 0.429 e. The highest BCUT2D eigenvalue weighted by atomic mass is 16.7. The van der Waals surface area contributed by atoms with Gasteiger partial charge >= 0.3 is 6.16 Å². The second kappa shape index (κ2) is 5.71. The molecule has 0 unspecified atom stereocenters. The fraction of sp³-hybridized carbons (Fsp3) is 0.250. The molecule has 1 rings (SSSR count). The lowest BCUT2D eigenvalue weighted by Crippen LogP contribution is -2.14. The first-order chi connectivity index (χ1) is 7.22. The Morgan fingerprint density at radius 3 is 2.73 bits per heavy atom. The van der Waals surface area contributed by atoms with Crippen LogP contribution in [-0.4, -0.2) is 12.3 Å². The third-order valence-electron chi connectivity index (χ3n) is 1.71. The van der Waals surface area contributed by atoms with E-state index in [1.54, 1.807) is 6.92 Å². The highest BCUT2D eigenvalue weighted by Gasteiger charge is 2.07. The highest BCUT2D eigenvalue weighted by molar-refractivity contribution is 5.60. The number of ether oxygens (including phenoxy) is 2. The molecule has 0 bridgehead atoms. The summed E-state index contributed by atoms with van der Waals surface area (Å²) in [6.45, 7) is 1.79. The summed E-state index contributed by atoms with van der Waals surface area (Å²) in [5.41, 5.74) is 0.905. The Labute approximate surface area is 89.0 Å². The van der Waals surface area contributed by atoms with Crippen LogP contribution in [0.15, 0.2) is 30.3 Å². The first-order valence-electron chi connectivity index (χ1n) is 4.56. The van der Waals surface area contributed by atoms with Crippen LogP contribution in [-0.2, 0) is 16.1 Å². The summed E-state index contributed by atoms with van der Waals surface area (Å²) < 4.78 is 9.57. The molecule has 0 aliphatic carbocycles. The molecule has 1 atom stereocenters. The molecule has 1 aromatic rings. The molecule has 0 aliphatic rings. The van der Waals surface area contributed by atoms with Crippen molar-refractivity contribution in [3.8, 4) is 12.3 Å². The molecule has 1 aromatic carbocycles. The van der Waals surface area contributed by atoms with Crippen molar-refractivity contribution in [3.63, 3.8) is 0 Å². The van der Waals surface area contributed by atoms with Gasteiger partial charge in [-0.05, 0) is 12.5 Å². The second-order valence-electron chi connectivity index (χ2n) is 2.95. The number of terminal acetylenes is 1. The summed E-state index contributed by atoms with van der Waals surface area (Å²) >= 11 is 0. The van der Waals surface area contributed by atoms with Crippen LogP contribution in [0.2, 0.25) is 0 Å². The Morgan fingerprint density at radius 1 is 1.47 bits per heavy atom. The van der Waals surface area contributed by atoms with Gasteiger partial charge in [-0.3, -0.25) is 0 Å². The van der Waals surface area contributed by atoms with E-state index < -0.39 is 12.3 Å². The van der Waals surface area contributed by atoms with Crippen LogP contribution in [0.3, 0.4) is 0 Å². The van der Waals surface area contributed by atoms with Crippen molar-refractivity contribution in [2.45, 2.75) is 19.6 Å². The summed E-state index contributed by atoms with van der Waals surface area (Å²) in [5.74, 6) is 2.27. The number of hydrogen-bond acceptors (Lipinski definition) is 3. The van der Waals surface area contributed by atoms with Gasteiger partial charge in [-0.2, -0.15) is 0 Å². The van der Waals surface area contributed by atoms with Crippen LogP contribution < -0.4 is 0 Å². The third-order valence-corrected chi connectivity index (χ3v) is 1.71. The quantitative estimate of drug-likeness (QED) is 0.560. The van der Waals surface area contributed by atoms with Gasteiger partial charge < -0.3 is 9.47 Å². The van der Waals surface area contributed by atoms with Gasteiger partial charge in [0.15, 0.2) is 6.10 Å². The molecule has 78 valence electrons. The molecule has 0 fully saturated rings. The first kappa shape index (κ1) is 11.1. The van der Waals surface area contributed by atoms with Crippen LogP contribution in [0.4, 0.5) is 4.79 Å². The minimum atomic E-state index is -0.746. The van der Waals surface area contributed by atoms with Gasteiger partial charge in [0.1, 0.15) is 6.61 Å². The van der Waals surface area contributed by atoms with Gasteiger partial charge in [0.2, 0.25) is 0 Å². The fourth-order valence-corrected chi connectivity index (χ4v) is 0.929. The molecule has 0 amide bonds. The zero-order valence-electron chi connectivity index (χ0n) is 8.47. The lowest BCUT2D eigenvalue weighted by molar-refractivity contribution is 0.0391. The maximum atomic E-state index is 11.0. The van der Waals surface area contributed by atoms with Crippen molar-refractivity contribution in [3.05, 3.63) is 35.9 Å². The average molecular weight is 204 g/mol. The van der Waals surface area contributed by atoms with Gasteiger partial charge in [0.25, 0.3) is 0 Å². The number of benzene rings is 1. The molecule has 0 aliphatic heterocycles. The minimum Gasteiger partial charge on any atom is -0.429 e. The zero-order valence-corrected chi connectivity index (χ0v) is 8.47. The molecule has 0 saturated heterocycles. The molecule has 0 N–H and O–H groups in total. The van der Waals surface area contributed by atoms with Gasteiger partial charge in [0, 0.05) is 0 Å². The molecule has 3 nitrogen and oxygen atoms in total. The van der Waals surface area contributed by atoms with Crippen LogP contribution >= 0.6 is 0 Å². The van der Waals surface area contributed by atoms with Gasteiger partial charge in [-0.25, -0.2) is 4.79 Å². The van der Waals surface area contributed by atoms with Crippen LogP contribution in [0.5, 0.6) is 0 Å². The van der Waals surface area contributed by atoms with Gasteiger partial charge in [-0.15, -0.1) is 6.42 Å². The van der Waals surface area contributed by atoms with Gasteiger partial charge in [-0.1, -0.05) is 36.3 Å². The molecular formula is C12H12O3. The van der Waals surface area contributed by atoms with E-state index in [1.165, 1.54) is 0 Å². The third kappa shape index (κ3) is 4.19. The number of rotatable bonds is 3. The Bertz CT molecular complexity index is 351. The Hall–Kier alpha value is -1.95. The van der Waals surface area contributed by atoms with Crippen LogP contribution in [0.1, 0.15) is 12.5 Å². The van der Waals surface area contributed by atoms with Crippen LogP contribution in [0.25, 0.3) is 0 Å². The Morgan fingerprint density at radius 2 is 2.13 bits per heavy atom. The second-order valence-corrected chi connectivity index (χ2v) is 2.95. The summed E-state index contributed by atoms with van der Waals surface area (Å²) in [6, 6.07) is 9.35. The van der Waals surface area contributed by atoms with E-state index in [0.717, 1.165) is 5.56 Å². The largest absolute Gasteiger partial charge is 0.509 e. The van der Waals surface area contributed by atoms with Crippen molar-refractivity contribution in [1.82, 2.24) is 0 Å². The maximum absolute atomic E-state index is 11.0. The van der Waals surface area contributed by atoms with E-state index >= 15 is 0 Å². The van der Waals surface area contributed by atoms with Crippen molar-refractivity contribution in [2.24, 2.45) is 0 Å². The number of carbonyl (C=O) groups is 1. The van der Waals surface area contributed by atoms with E-state index in [1.807, 2.05) is 30.3 Å². The SMILES string of the molecule is C#C[C@H](C)OC(=O)OCc1ccccc1. The monoisotopic (exact) mass is 204 g/mol. The fourth-order valence-electron chi connectivity index (χ4n) is 0.929. The van der Waals surface area contributed by atoms with E-state index in [-0.39, 0.29) is 6.61 Å². The lowest BCUT2D eigenvalue weighted by Gasteiger charge is -2.07. The predicted octanol–water partition coefficient (Wildman–Crippen LogP) is 2.36. The summed E-state index contributed by atoms with van der Waals surface area (Å²) in [4.78, 5) is 11.0. The standard InChI is InChI=1S/C12H12O3/c1-3-10(2)15-12(13)14-9-11-7-5-4-6-8-11/h1,4-8,10H,9H2,2H3/t10-/m0/s1. The van der Waals surface area contributed by atoms with E-state index in [2.05, 4.69) is 5.92 Å². The molecule has 15 heavy (non-hydrogen) atoms.